The van der Waals surface area contributed by atoms with Crippen LogP contribution in [0.4, 0.5) is 8.78 Å². The Kier molecular flexibility index (Phi) is 2.42. The summed E-state index contributed by atoms with van der Waals surface area (Å²) >= 11 is 0. The van der Waals surface area contributed by atoms with E-state index in [1.807, 2.05) is 0 Å². The van der Waals surface area contributed by atoms with E-state index in [9.17, 15) is 13.6 Å². The predicted octanol–water partition coefficient (Wildman–Crippen LogP) is 1.23. The topological polar surface area (TPSA) is 42.9 Å². The first-order valence-corrected chi connectivity index (χ1v) is 3.24. The SMILES string of the molecule is Cc1ccc(C(=O)C(F)F)nn1. The van der Waals surface area contributed by atoms with Crippen LogP contribution in [0.2, 0.25) is 0 Å². The summed E-state index contributed by atoms with van der Waals surface area (Å²) in [5.74, 6) is -1.29. The highest BCUT2D eigenvalue weighted by molar-refractivity contribution is 5.96. The molecule has 1 rings (SSSR count). The van der Waals surface area contributed by atoms with Gasteiger partial charge in [0.15, 0.2) is 0 Å². The Labute approximate surface area is 67.4 Å². The largest absolute Gasteiger partial charge is 0.302 e. The third-order valence-corrected chi connectivity index (χ3v) is 1.25. The third-order valence-electron chi connectivity index (χ3n) is 1.25. The number of hydrogen-bond acceptors (Lipinski definition) is 3. The Hall–Kier alpha value is -1.39. The van der Waals surface area contributed by atoms with E-state index in [0.29, 0.717) is 5.69 Å². The van der Waals surface area contributed by atoms with Gasteiger partial charge in [-0.3, -0.25) is 4.79 Å². The molecule has 0 fully saturated rings. The fraction of sp³-hybridized carbons (Fsp3) is 0.286. The minimum atomic E-state index is -3.01. The highest BCUT2D eigenvalue weighted by atomic mass is 19.3. The van der Waals surface area contributed by atoms with E-state index in [0.717, 1.165) is 0 Å². The first-order chi connectivity index (χ1) is 5.61. The molecular formula is C7H6F2N2O. The van der Waals surface area contributed by atoms with E-state index in [4.69, 9.17) is 0 Å². The fourth-order valence-electron chi connectivity index (χ4n) is 0.642. The lowest BCUT2D eigenvalue weighted by Gasteiger charge is -1.96. The molecule has 0 aromatic carbocycles. The minimum Gasteiger partial charge on any atom is -0.286 e. The molecule has 1 aromatic heterocycles. The van der Waals surface area contributed by atoms with Crippen LogP contribution in [0.3, 0.4) is 0 Å². The summed E-state index contributed by atoms with van der Waals surface area (Å²) in [6.07, 6.45) is -3.01. The van der Waals surface area contributed by atoms with Crippen LogP contribution in [0.15, 0.2) is 12.1 Å². The number of carbonyl (C=O) groups excluding carboxylic acids is 1. The number of hydrogen-bond donors (Lipinski definition) is 0. The Morgan fingerprint density at radius 2 is 2.08 bits per heavy atom. The van der Waals surface area contributed by atoms with Crippen LogP contribution in [0, 0.1) is 6.92 Å². The van der Waals surface area contributed by atoms with E-state index in [1.165, 1.54) is 12.1 Å². The van der Waals surface area contributed by atoms with Crippen molar-refractivity contribution in [3.63, 3.8) is 0 Å². The van der Waals surface area contributed by atoms with Gasteiger partial charge >= 0.3 is 6.43 Å². The number of alkyl halides is 2. The van der Waals surface area contributed by atoms with Crippen molar-refractivity contribution in [2.24, 2.45) is 0 Å². The maximum Gasteiger partial charge on any atom is 0.302 e. The number of aromatic nitrogens is 2. The van der Waals surface area contributed by atoms with E-state index in [2.05, 4.69) is 10.2 Å². The Bertz CT molecular complexity index is 284. The molecule has 0 spiro atoms. The zero-order valence-electron chi connectivity index (χ0n) is 6.29. The van der Waals surface area contributed by atoms with E-state index in [1.54, 1.807) is 6.92 Å². The van der Waals surface area contributed by atoms with Crippen molar-refractivity contribution in [2.75, 3.05) is 0 Å². The Morgan fingerprint density at radius 1 is 1.42 bits per heavy atom. The Morgan fingerprint density at radius 3 is 2.50 bits per heavy atom. The van der Waals surface area contributed by atoms with Crippen LogP contribution in [0.5, 0.6) is 0 Å². The van der Waals surface area contributed by atoms with Gasteiger partial charge < -0.3 is 0 Å². The van der Waals surface area contributed by atoms with Gasteiger partial charge in [0.1, 0.15) is 5.69 Å². The summed E-state index contributed by atoms with van der Waals surface area (Å²) in [6.45, 7) is 1.66. The predicted molar refractivity (Wildman–Crippen MR) is 37.1 cm³/mol. The van der Waals surface area contributed by atoms with Gasteiger partial charge in [-0.25, -0.2) is 8.78 Å². The normalized spacial score (nSPS) is 10.3. The van der Waals surface area contributed by atoms with E-state index >= 15 is 0 Å². The molecule has 0 radical (unpaired) electrons. The smallest absolute Gasteiger partial charge is 0.286 e. The minimum absolute atomic E-state index is 0.296. The summed E-state index contributed by atoms with van der Waals surface area (Å²) in [5.41, 5.74) is 0.288. The van der Waals surface area contributed by atoms with Crippen LogP contribution in [0.1, 0.15) is 16.2 Å². The lowest BCUT2D eigenvalue weighted by molar-refractivity contribution is 0.0672. The fourth-order valence-corrected chi connectivity index (χ4v) is 0.642. The molecule has 0 aliphatic rings. The first-order valence-electron chi connectivity index (χ1n) is 3.24. The van der Waals surface area contributed by atoms with Gasteiger partial charge in [0.2, 0.25) is 5.78 Å². The molecule has 64 valence electrons. The molecule has 0 N–H and O–H groups in total. The van der Waals surface area contributed by atoms with Crippen LogP contribution >= 0.6 is 0 Å². The van der Waals surface area contributed by atoms with Gasteiger partial charge in [-0.1, -0.05) is 0 Å². The van der Waals surface area contributed by atoms with Crippen molar-refractivity contribution in [1.82, 2.24) is 10.2 Å². The molecule has 0 amide bonds. The molecule has 0 aliphatic carbocycles. The second kappa shape index (κ2) is 3.34. The average molecular weight is 172 g/mol. The zero-order valence-corrected chi connectivity index (χ0v) is 6.29. The van der Waals surface area contributed by atoms with Gasteiger partial charge in [0.05, 0.1) is 5.69 Å². The molecule has 0 saturated heterocycles. The maximum absolute atomic E-state index is 11.8. The van der Waals surface area contributed by atoms with Crippen molar-refractivity contribution in [3.05, 3.63) is 23.5 Å². The first kappa shape index (κ1) is 8.70. The van der Waals surface area contributed by atoms with Gasteiger partial charge in [-0.05, 0) is 19.1 Å². The summed E-state index contributed by atoms with van der Waals surface area (Å²) in [5, 5.41) is 6.80. The molecule has 0 atom stereocenters. The number of rotatable bonds is 2. The molecular weight excluding hydrogens is 166 g/mol. The monoisotopic (exact) mass is 172 g/mol. The quantitative estimate of drug-likeness (QED) is 0.630. The number of ketones is 1. The number of aryl methyl sites for hydroxylation is 1. The van der Waals surface area contributed by atoms with Gasteiger partial charge in [-0.2, -0.15) is 5.10 Å². The van der Waals surface area contributed by atoms with Gasteiger partial charge in [0, 0.05) is 0 Å². The number of halogens is 2. The maximum atomic E-state index is 11.8. The van der Waals surface area contributed by atoms with E-state index < -0.39 is 12.2 Å². The molecule has 0 aliphatic heterocycles. The molecule has 0 unspecified atom stereocenters. The highest BCUT2D eigenvalue weighted by Crippen LogP contribution is 2.03. The molecule has 1 aromatic rings. The average Bonchev–Trinajstić information content (AvgIpc) is 2.04. The van der Waals surface area contributed by atoms with Crippen molar-refractivity contribution >= 4 is 5.78 Å². The van der Waals surface area contributed by atoms with Crippen molar-refractivity contribution in [1.29, 1.82) is 0 Å². The second-order valence-corrected chi connectivity index (χ2v) is 2.22. The summed E-state index contributed by atoms with van der Waals surface area (Å²) < 4.78 is 23.6. The van der Waals surface area contributed by atoms with Gasteiger partial charge in [0.25, 0.3) is 0 Å². The molecule has 0 bridgehead atoms. The molecule has 12 heavy (non-hydrogen) atoms. The van der Waals surface area contributed by atoms with E-state index in [-0.39, 0.29) is 5.69 Å². The lowest BCUT2D eigenvalue weighted by Crippen LogP contribution is -2.12. The summed E-state index contributed by atoms with van der Waals surface area (Å²) in [4.78, 5) is 10.6. The standard InChI is InChI=1S/C7H6F2N2O/c1-4-2-3-5(11-10-4)6(12)7(8)9/h2-3,7H,1H3. The molecule has 5 heteroatoms. The number of carbonyl (C=O) groups is 1. The van der Waals surface area contributed by atoms with Crippen LogP contribution < -0.4 is 0 Å². The Balaban J connectivity index is 2.90. The van der Waals surface area contributed by atoms with Crippen LogP contribution in [-0.2, 0) is 0 Å². The highest BCUT2D eigenvalue weighted by Gasteiger charge is 2.18. The molecule has 3 nitrogen and oxygen atoms in total. The van der Waals surface area contributed by atoms with Crippen molar-refractivity contribution < 1.29 is 13.6 Å². The summed E-state index contributed by atoms with van der Waals surface area (Å²) in [7, 11) is 0. The van der Waals surface area contributed by atoms with Crippen LogP contribution in [0.25, 0.3) is 0 Å². The van der Waals surface area contributed by atoms with Gasteiger partial charge in [-0.15, -0.1) is 5.10 Å². The van der Waals surface area contributed by atoms with Crippen LogP contribution in [-0.4, -0.2) is 22.4 Å². The van der Waals surface area contributed by atoms with Crippen molar-refractivity contribution in [2.45, 2.75) is 13.3 Å². The molecule has 0 saturated carbocycles. The van der Waals surface area contributed by atoms with Crippen molar-refractivity contribution in [3.8, 4) is 0 Å². The lowest BCUT2D eigenvalue weighted by atomic mass is 10.2. The summed E-state index contributed by atoms with van der Waals surface area (Å²) in [6, 6.07) is 2.69. The zero-order chi connectivity index (χ0) is 9.14. The number of Topliss-reactive ketones (excluding diaryl/α,β-unsaturated/α-hetero) is 1. The number of nitrogens with zero attached hydrogens (tertiary/aromatic N) is 2. The molecule has 1 heterocycles. The second-order valence-electron chi connectivity index (χ2n) is 2.22. The third kappa shape index (κ3) is 1.81.